The Morgan fingerprint density at radius 3 is 2.29 bits per heavy atom. The number of ketones is 1. The molecule has 0 radical (unpaired) electrons. The molecule has 3 rings (SSSR count). The fourth-order valence-corrected chi connectivity index (χ4v) is 3.73. The summed E-state index contributed by atoms with van der Waals surface area (Å²) in [5.41, 5.74) is 2.19. The van der Waals surface area contributed by atoms with Crippen LogP contribution in [0.3, 0.4) is 0 Å². The molecule has 1 heterocycles. The summed E-state index contributed by atoms with van der Waals surface area (Å²) in [7, 11) is 4.63. The molecule has 1 saturated heterocycles. The topological polar surface area (TPSA) is 85.3 Å². The largest absolute Gasteiger partial charge is 0.507 e. The number of hydrogen-bond donors (Lipinski definition) is 1. The molecule has 0 aromatic heterocycles. The first-order valence-corrected chi connectivity index (χ1v) is 9.99. The van der Waals surface area contributed by atoms with Gasteiger partial charge in [0.1, 0.15) is 5.76 Å². The highest BCUT2D eigenvalue weighted by Gasteiger charge is 2.46. The third-order valence-electron chi connectivity index (χ3n) is 5.34. The molecule has 2 aromatic rings. The standard InChI is InChI=1S/C24H27NO6/c1-15-6-8-16(9-7-15)22(26)20-21(17-10-11-18(30-3)19(14-17)31-4)25(12-5-13-29-2)24(28)23(20)27/h6-11,14,21,26H,5,12-13H2,1-4H3/b22-20-. The first-order chi connectivity index (χ1) is 14.9. The maximum absolute atomic E-state index is 13.0. The molecule has 1 aliphatic heterocycles. The third kappa shape index (κ3) is 4.41. The Bertz CT molecular complexity index is 996. The second kappa shape index (κ2) is 9.66. The predicted octanol–water partition coefficient (Wildman–Crippen LogP) is 3.47. The van der Waals surface area contributed by atoms with E-state index in [4.69, 9.17) is 14.2 Å². The number of aliphatic hydroxyl groups is 1. The number of rotatable bonds is 8. The fourth-order valence-electron chi connectivity index (χ4n) is 3.73. The van der Waals surface area contributed by atoms with Gasteiger partial charge in [-0.3, -0.25) is 9.59 Å². The van der Waals surface area contributed by atoms with Crippen LogP contribution < -0.4 is 9.47 Å². The second-order valence-corrected chi connectivity index (χ2v) is 7.32. The van der Waals surface area contributed by atoms with Crippen molar-refractivity contribution in [3.8, 4) is 11.5 Å². The molecule has 7 heteroatoms. The van der Waals surface area contributed by atoms with Crippen molar-refractivity contribution >= 4 is 17.4 Å². The summed E-state index contributed by atoms with van der Waals surface area (Å²) < 4.78 is 15.8. The van der Waals surface area contributed by atoms with Gasteiger partial charge in [-0.25, -0.2) is 0 Å². The molecule has 31 heavy (non-hydrogen) atoms. The maximum Gasteiger partial charge on any atom is 0.295 e. The Labute approximate surface area is 181 Å². The van der Waals surface area contributed by atoms with Gasteiger partial charge in [0.2, 0.25) is 0 Å². The number of carbonyl (C=O) groups excluding carboxylic acids is 2. The van der Waals surface area contributed by atoms with E-state index in [-0.39, 0.29) is 11.3 Å². The number of Topliss-reactive ketones (excluding diaryl/α,β-unsaturated/α-hetero) is 1. The predicted molar refractivity (Wildman–Crippen MR) is 116 cm³/mol. The van der Waals surface area contributed by atoms with Crippen LogP contribution in [-0.2, 0) is 14.3 Å². The van der Waals surface area contributed by atoms with Crippen LogP contribution >= 0.6 is 0 Å². The molecule has 0 aliphatic carbocycles. The van der Waals surface area contributed by atoms with Crippen molar-refractivity contribution in [1.29, 1.82) is 0 Å². The highest BCUT2D eigenvalue weighted by Crippen LogP contribution is 2.42. The zero-order valence-corrected chi connectivity index (χ0v) is 18.2. The summed E-state index contributed by atoms with van der Waals surface area (Å²) in [6, 6.07) is 11.6. The van der Waals surface area contributed by atoms with Crippen molar-refractivity contribution in [2.75, 3.05) is 34.5 Å². The quantitative estimate of drug-likeness (QED) is 0.302. The molecule has 0 spiro atoms. The minimum Gasteiger partial charge on any atom is -0.507 e. The molecule has 1 N–H and O–H groups in total. The van der Waals surface area contributed by atoms with Gasteiger partial charge in [0.15, 0.2) is 11.5 Å². The minimum atomic E-state index is -0.752. The molecule has 164 valence electrons. The van der Waals surface area contributed by atoms with Crippen molar-refractivity contribution in [3.05, 3.63) is 64.7 Å². The summed E-state index contributed by atoms with van der Waals surface area (Å²) in [4.78, 5) is 27.4. The molecule has 1 unspecified atom stereocenters. The van der Waals surface area contributed by atoms with Crippen LogP contribution in [0.25, 0.3) is 5.76 Å². The van der Waals surface area contributed by atoms with Crippen molar-refractivity contribution in [2.45, 2.75) is 19.4 Å². The van der Waals surface area contributed by atoms with E-state index in [9.17, 15) is 14.7 Å². The van der Waals surface area contributed by atoms with Gasteiger partial charge in [0, 0.05) is 25.8 Å². The zero-order valence-electron chi connectivity index (χ0n) is 18.2. The van der Waals surface area contributed by atoms with Crippen LogP contribution in [0.5, 0.6) is 11.5 Å². The van der Waals surface area contributed by atoms with E-state index in [1.807, 2.05) is 19.1 Å². The van der Waals surface area contributed by atoms with Crippen molar-refractivity contribution in [2.24, 2.45) is 0 Å². The number of benzene rings is 2. The lowest BCUT2D eigenvalue weighted by Gasteiger charge is -2.26. The Balaban J connectivity index is 2.15. The van der Waals surface area contributed by atoms with Crippen LogP contribution in [0.4, 0.5) is 0 Å². The van der Waals surface area contributed by atoms with E-state index in [0.29, 0.717) is 42.2 Å². The van der Waals surface area contributed by atoms with Crippen molar-refractivity contribution in [3.63, 3.8) is 0 Å². The Morgan fingerprint density at radius 2 is 1.68 bits per heavy atom. The smallest absolute Gasteiger partial charge is 0.295 e. The van der Waals surface area contributed by atoms with Gasteiger partial charge in [-0.1, -0.05) is 35.9 Å². The van der Waals surface area contributed by atoms with Crippen molar-refractivity contribution in [1.82, 2.24) is 4.90 Å². The van der Waals surface area contributed by atoms with E-state index in [2.05, 4.69) is 0 Å². The van der Waals surface area contributed by atoms with Crippen molar-refractivity contribution < 1.29 is 28.9 Å². The number of aryl methyl sites for hydroxylation is 1. The van der Waals surface area contributed by atoms with Crippen LogP contribution in [0.1, 0.15) is 29.2 Å². The number of likely N-dealkylation sites (tertiary alicyclic amines) is 1. The monoisotopic (exact) mass is 425 g/mol. The summed E-state index contributed by atoms with van der Waals surface area (Å²) in [6.45, 7) is 2.68. The molecule has 1 aliphatic rings. The third-order valence-corrected chi connectivity index (χ3v) is 5.34. The normalized spacial score (nSPS) is 17.8. The van der Waals surface area contributed by atoms with Gasteiger partial charge < -0.3 is 24.2 Å². The van der Waals surface area contributed by atoms with Crippen LogP contribution in [0, 0.1) is 6.92 Å². The first-order valence-electron chi connectivity index (χ1n) is 9.99. The van der Waals surface area contributed by atoms with Gasteiger partial charge in [-0.05, 0) is 31.0 Å². The lowest BCUT2D eigenvalue weighted by molar-refractivity contribution is -0.140. The number of carbonyl (C=O) groups is 2. The van der Waals surface area contributed by atoms with E-state index in [1.165, 1.54) is 19.1 Å². The van der Waals surface area contributed by atoms with E-state index < -0.39 is 17.7 Å². The molecule has 1 amide bonds. The summed E-state index contributed by atoms with van der Waals surface area (Å²) in [6.07, 6.45) is 0.553. The van der Waals surface area contributed by atoms with Gasteiger partial charge in [-0.2, -0.15) is 0 Å². The maximum atomic E-state index is 13.0. The summed E-state index contributed by atoms with van der Waals surface area (Å²) >= 11 is 0. The number of aliphatic hydroxyl groups excluding tert-OH is 1. The summed E-state index contributed by atoms with van der Waals surface area (Å²) in [5, 5.41) is 11.0. The van der Waals surface area contributed by atoms with E-state index >= 15 is 0 Å². The number of amides is 1. The average Bonchev–Trinajstić information content (AvgIpc) is 3.03. The van der Waals surface area contributed by atoms with Gasteiger partial charge in [0.05, 0.1) is 25.8 Å². The molecule has 7 nitrogen and oxygen atoms in total. The van der Waals surface area contributed by atoms with Gasteiger partial charge in [-0.15, -0.1) is 0 Å². The second-order valence-electron chi connectivity index (χ2n) is 7.32. The fraction of sp³-hybridized carbons (Fsp3) is 0.333. The van der Waals surface area contributed by atoms with E-state index in [1.54, 1.807) is 37.4 Å². The highest BCUT2D eigenvalue weighted by molar-refractivity contribution is 6.46. The summed E-state index contributed by atoms with van der Waals surface area (Å²) in [5.74, 6) is -0.564. The number of nitrogens with zero attached hydrogens (tertiary/aromatic N) is 1. The minimum absolute atomic E-state index is 0.0542. The molecule has 0 saturated carbocycles. The average molecular weight is 425 g/mol. The first kappa shape index (κ1) is 22.4. The van der Waals surface area contributed by atoms with Gasteiger partial charge >= 0.3 is 0 Å². The molecule has 0 bridgehead atoms. The number of methoxy groups -OCH3 is 3. The molecular weight excluding hydrogens is 398 g/mol. The van der Waals surface area contributed by atoms with Crippen LogP contribution in [-0.4, -0.2) is 56.2 Å². The van der Waals surface area contributed by atoms with Crippen LogP contribution in [0.2, 0.25) is 0 Å². The SMILES string of the molecule is COCCCN1C(=O)C(=O)/C(=C(\O)c2ccc(C)cc2)C1c1ccc(OC)c(OC)c1. The Kier molecular flexibility index (Phi) is 6.97. The molecule has 1 atom stereocenters. The lowest BCUT2D eigenvalue weighted by atomic mass is 9.94. The Hall–Kier alpha value is -3.32. The van der Waals surface area contributed by atoms with E-state index in [0.717, 1.165) is 5.56 Å². The molecule has 1 fully saturated rings. The zero-order chi connectivity index (χ0) is 22.5. The number of ether oxygens (including phenoxy) is 3. The Morgan fingerprint density at radius 1 is 1.00 bits per heavy atom. The molecule has 2 aromatic carbocycles. The van der Waals surface area contributed by atoms with Gasteiger partial charge in [0.25, 0.3) is 11.7 Å². The van der Waals surface area contributed by atoms with Crippen LogP contribution in [0.15, 0.2) is 48.0 Å². The number of hydrogen-bond acceptors (Lipinski definition) is 6. The highest BCUT2D eigenvalue weighted by atomic mass is 16.5. The lowest BCUT2D eigenvalue weighted by Crippen LogP contribution is -2.31. The molecular formula is C24H27NO6.